The number of hydrogen-bond donors (Lipinski definition) is 2. The molecule has 1 atom stereocenters. The van der Waals surface area contributed by atoms with Gasteiger partial charge in [-0.2, -0.15) is 0 Å². The van der Waals surface area contributed by atoms with Crippen LogP contribution in [0.3, 0.4) is 0 Å². The molecule has 4 heteroatoms. The van der Waals surface area contributed by atoms with Gasteiger partial charge in [0, 0.05) is 24.7 Å². The van der Waals surface area contributed by atoms with Crippen LogP contribution in [0.15, 0.2) is 24.3 Å². The first-order valence-corrected chi connectivity index (χ1v) is 6.98. The Kier molecular flexibility index (Phi) is 4.93. The van der Waals surface area contributed by atoms with Crippen LogP contribution in [0.1, 0.15) is 35.2 Å². The minimum absolute atomic E-state index is 0.00236. The molecule has 1 aliphatic rings. The summed E-state index contributed by atoms with van der Waals surface area (Å²) in [6, 6.07) is 7.95. The van der Waals surface area contributed by atoms with Gasteiger partial charge in [0.2, 0.25) is 0 Å². The summed E-state index contributed by atoms with van der Waals surface area (Å²) in [4.78, 5) is 14.4. The molecule has 1 aliphatic heterocycles. The first kappa shape index (κ1) is 14.0. The molecule has 0 aliphatic carbocycles. The molecular weight excluding hydrogens is 238 g/mol. The Hall–Kier alpha value is -1.39. The summed E-state index contributed by atoms with van der Waals surface area (Å²) in [6.45, 7) is 2.37. The number of benzene rings is 1. The van der Waals surface area contributed by atoms with Gasteiger partial charge in [0.1, 0.15) is 0 Å². The van der Waals surface area contributed by atoms with E-state index in [-0.39, 0.29) is 5.91 Å². The molecule has 1 saturated heterocycles. The molecule has 2 rings (SSSR count). The fraction of sp³-hybridized carbons (Fsp3) is 0.533. The summed E-state index contributed by atoms with van der Waals surface area (Å²) in [5.41, 5.74) is 7.29. The van der Waals surface area contributed by atoms with Crippen molar-refractivity contribution in [2.75, 3.05) is 20.1 Å². The molecule has 0 saturated carbocycles. The summed E-state index contributed by atoms with van der Waals surface area (Å²) < 4.78 is 0. The van der Waals surface area contributed by atoms with Crippen molar-refractivity contribution in [3.63, 3.8) is 0 Å². The van der Waals surface area contributed by atoms with Crippen molar-refractivity contribution >= 4 is 5.91 Å². The number of hydrogen-bond acceptors (Lipinski definition) is 3. The topological polar surface area (TPSA) is 58.4 Å². The second-order valence-corrected chi connectivity index (χ2v) is 5.24. The van der Waals surface area contributed by atoms with Crippen molar-refractivity contribution in [1.29, 1.82) is 0 Å². The van der Waals surface area contributed by atoms with Gasteiger partial charge in [-0.25, -0.2) is 0 Å². The first-order valence-electron chi connectivity index (χ1n) is 6.98. The number of likely N-dealkylation sites (tertiary alicyclic amines) is 1. The lowest BCUT2D eigenvalue weighted by Gasteiger charge is -2.32. The fourth-order valence-electron chi connectivity index (χ4n) is 2.51. The van der Waals surface area contributed by atoms with E-state index in [1.54, 1.807) is 0 Å². The lowest BCUT2D eigenvalue weighted by atomic mass is 10.0. The number of piperidine rings is 1. The highest BCUT2D eigenvalue weighted by atomic mass is 16.1. The number of nitrogens with zero attached hydrogens (tertiary/aromatic N) is 1. The van der Waals surface area contributed by atoms with Gasteiger partial charge in [0.15, 0.2) is 0 Å². The first-order chi connectivity index (χ1) is 9.20. The monoisotopic (exact) mass is 261 g/mol. The minimum Gasteiger partial charge on any atom is -0.350 e. The van der Waals surface area contributed by atoms with Crippen LogP contribution in [-0.2, 0) is 6.54 Å². The van der Waals surface area contributed by atoms with E-state index in [1.165, 1.54) is 19.3 Å². The van der Waals surface area contributed by atoms with Crippen LogP contribution in [0.5, 0.6) is 0 Å². The Morgan fingerprint density at radius 1 is 1.37 bits per heavy atom. The maximum atomic E-state index is 12.0. The minimum atomic E-state index is 0.00236. The van der Waals surface area contributed by atoms with Crippen LogP contribution in [0, 0.1) is 0 Å². The van der Waals surface area contributed by atoms with Gasteiger partial charge in [-0.3, -0.25) is 4.79 Å². The smallest absolute Gasteiger partial charge is 0.251 e. The molecule has 104 valence electrons. The number of nitrogens with one attached hydrogen (secondary N) is 1. The van der Waals surface area contributed by atoms with Crippen molar-refractivity contribution in [2.45, 2.75) is 31.8 Å². The SMILES string of the molecule is CN1CCCCC1CNC(=O)c1ccc(CN)cc1. The average Bonchev–Trinajstić information content (AvgIpc) is 2.46. The Bertz CT molecular complexity index is 416. The van der Waals surface area contributed by atoms with Gasteiger partial charge in [-0.1, -0.05) is 18.6 Å². The quantitative estimate of drug-likeness (QED) is 0.860. The average molecular weight is 261 g/mol. The normalized spacial score (nSPS) is 20.2. The zero-order valence-electron chi connectivity index (χ0n) is 11.6. The van der Waals surface area contributed by atoms with Crippen molar-refractivity contribution in [3.8, 4) is 0 Å². The highest BCUT2D eigenvalue weighted by Gasteiger charge is 2.19. The highest BCUT2D eigenvalue weighted by molar-refractivity contribution is 5.94. The van der Waals surface area contributed by atoms with Gasteiger partial charge < -0.3 is 16.0 Å². The summed E-state index contributed by atoms with van der Waals surface area (Å²) in [7, 11) is 2.13. The van der Waals surface area contributed by atoms with Crippen molar-refractivity contribution in [3.05, 3.63) is 35.4 Å². The van der Waals surface area contributed by atoms with Crippen LogP contribution in [0.2, 0.25) is 0 Å². The van der Waals surface area contributed by atoms with Crippen LogP contribution in [-0.4, -0.2) is 37.0 Å². The standard InChI is InChI=1S/C15H23N3O/c1-18-9-3-2-4-14(18)11-17-15(19)13-7-5-12(10-16)6-8-13/h5-8,14H,2-4,9-11,16H2,1H3,(H,17,19). The molecular formula is C15H23N3O. The lowest BCUT2D eigenvalue weighted by molar-refractivity contribution is 0.0928. The van der Waals surface area contributed by atoms with Gasteiger partial charge in [0.05, 0.1) is 0 Å². The molecule has 0 radical (unpaired) electrons. The molecule has 0 aromatic heterocycles. The highest BCUT2D eigenvalue weighted by Crippen LogP contribution is 2.14. The van der Waals surface area contributed by atoms with Crippen LogP contribution in [0.25, 0.3) is 0 Å². The van der Waals surface area contributed by atoms with E-state index in [9.17, 15) is 4.79 Å². The number of carbonyl (C=O) groups is 1. The number of nitrogens with two attached hydrogens (primary N) is 1. The van der Waals surface area contributed by atoms with Crippen LogP contribution >= 0.6 is 0 Å². The van der Waals surface area contributed by atoms with Gasteiger partial charge in [-0.05, 0) is 44.1 Å². The molecule has 0 spiro atoms. The third-order valence-corrected chi connectivity index (χ3v) is 3.87. The summed E-state index contributed by atoms with van der Waals surface area (Å²) in [5, 5.41) is 3.02. The Labute approximate surface area is 115 Å². The van der Waals surface area contributed by atoms with E-state index in [2.05, 4.69) is 17.3 Å². The van der Waals surface area contributed by atoms with Crippen molar-refractivity contribution in [2.24, 2.45) is 5.73 Å². The van der Waals surface area contributed by atoms with E-state index in [4.69, 9.17) is 5.73 Å². The van der Waals surface area contributed by atoms with Crippen molar-refractivity contribution in [1.82, 2.24) is 10.2 Å². The molecule has 0 bridgehead atoms. The van der Waals surface area contributed by atoms with E-state index in [0.717, 1.165) is 18.7 Å². The largest absolute Gasteiger partial charge is 0.350 e. The molecule has 1 aromatic carbocycles. The van der Waals surface area contributed by atoms with E-state index >= 15 is 0 Å². The fourth-order valence-corrected chi connectivity index (χ4v) is 2.51. The second-order valence-electron chi connectivity index (χ2n) is 5.24. The molecule has 1 amide bonds. The molecule has 1 unspecified atom stereocenters. The molecule has 3 N–H and O–H groups in total. The number of rotatable bonds is 4. The molecule has 4 nitrogen and oxygen atoms in total. The van der Waals surface area contributed by atoms with Crippen LogP contribution in [0.4, 0.5) is 0 Å². The zero-order valence-corrected chi connectivity index (χ0v) is 11.6. The van der Waals surface area contributed by atoms with Gasteiger partial charge >= 0.3 is 0 Å². The zero-order chi connectivity index (χ0) is 13.7. The van der Waals surface area contributed by atoms with E-state index < -0.39 is 0 Å². The third kappa shape index (κ3) is 3.78. The van der Waals surface area contributed by atoms with Gasteiger partial charge in [-0.15, -0.1) is 0 Å². The number of carbonyl (C=O) groups excluding carboxylic acids is 1. The van der Waals surface area contributed by atoms with Crippen molar-refractivity contribution < 1.29 is 4.79 Å². The Balaban J connectivity index is 1.86. The maximum Gasteiger partial charge on any atom is 0.251 e. The number of likely N-dealkylation sites (N-methyl/N-ethyl adjacent to an activating group) is 1. The van der Waals surface area contributed by atoms with Gasteiger partial charge in [0.25, 0.3) is 5.91 Å². The summed E-state index contributed by atoms with van der Waals surface area (Å²) >= 11 is 0. The molecule has 1 fully saturated rings. The predicted octanol–water partition coefficient (Wildman–Crippen LogP) is 1.36. The number of amides is 1. The lowest BCUT2D eigenvalue weighted by Crippen LogP contribution is -2.44. The third-order valence-electron chi connectivity index (χ3n) is 3.87. The summed E-state index contributed by atoms with van der Waals surface area (Å²) in [6.07, 6.45) is 3.69. The predicted molar refractivity (Wildman–Crippen MR) is 76.9 cm³/mol. The van der Waals surface area contributed by atoms with E-state index in [1.807, 2.05) is 24.3 Å². The molecule has 1 heterocycles. The maximum absolute atomic E-state index is 12.0. The molecule has 1 aromatic rings. The Morgan fingerprint density at radius 2 is 2.11 bits per heavy atom. The molecule has 19 heavy (non-hydrogen) atoms. The Morgan fingerprint density at radius 3 is 2.74 bits per heavy atom. The summed E-state index contributed by atoms with van der Waals surface area (Å²) in [5.74, 6) is 0.00236. The second kappa shape index (κ2) is 6.68. The van der Waals surface area contributed by atoms with E-state index in [0.29, 0.717) is 18.2 Å². The van der Waals surface area contributed by atoms with Crippen LogP contribution < -0.4 is 11.1 Å².